The smallest absolute Gasteiger partial charge is 0.314 e. The molecule has 10 nitrogen and oxygen atoms in total. The normalized spacial score (nSPS) is 18.4. The molecule has 11 heteroatoms. The van der Waals surface area contributed by atoms with E-state index in [0.717, 1.165) is 16.7 Å². The first kappa shape index (κ1) is 26.8. The van der Waals surface area contributed by atoms with Gasteiger partial charge in [-0.25, -0.2) is 8.42 Å². The van der Waals surface area contributed by atoms with Gasteiger partial charge in [-0.15, -0.1) is 0 Å². The van der Waals surface area contributed by atoms with Crippen molar-refractivity contribution in [1.82, 2.24) is 19.7 Å². The van der Waals surface area contributed by atoms with Crippen molar-refractivity contribution in [2.45, 2.75) is 58.0 Å². The third kappa shape index (κ3) is 5.53. The molecular formula is C26H32N4O6S. The van der Waals surface area contributed by atoms with Crippen LogP contribution in [0.25, 0.3) is 0 Å². The fourth-order valence-electron chi connectivity index (χ4n) is 4.46. The molecule has 0 saturated carbocycles. The largest absolute Gasteiger partial charge is 0.488 e. The minimum absolute atomic E-state index is 0.122. The van der Waals surface area contributed by atoms with Gasteiger partial charge in [0.1, 0.15) is 22.4 Å². The van der Waals surface area contributed by atoms with Gasteiger partial charge < -0.3 is 14.2 Å². The number of sulfonamides is 1. The van der Waals surface area contributed by atoms with Crippen LogP contribution in [0.2, 0.25) is 0 Å². The van der Waals surface area contributed by atoms with Gasteiger partial charge in [0, 0.05) is 6.54 Å². The molecule has 0 amide bonds. The number of benzene rings is 2. The van der Waals surface area contributed by atoms with Crippen LogP contribution in [0.5, 0.6) is 5.75 Å². The second-order valence-electron chi connectivity index (χ2n) is 9.72. The quantitative estimate of drug-likeness (QED) is 0.441. The summed E-state index contributed by atoms with van der Waals surface area (Å²) in [5.41, 5.74) is 1.97. The third-order valence-corrected chi connectivity index (χ3v) is 8.36. The van der Waals surface area contributed by atoms with E-state index in [9.17, 15) is 13.2 Å². The summed E-state index contributed by atoms with van der Waals surface area (Å²) in [5, 5.41) is 10.4. The molecule has 0 fully saturated rings. The summed E-state index contributed by atoms with van der Waals surface area (Å²) in [6.45, 7) is 7.73. The number of fused-ring (bicyclic) bond motifs is 1. The highest BCUT2D eigenvalue weighted by molar-refractivity contribution is 7.89. The number of carbonyl (C=O) groups is 1. The fourth-order valence-corrected chi connectivity index (χ4v) is 6.07. The Bertz CT molecular complexity index is 1360. The number of aromatic nitrogens is 3. The molecule has 0 aliphatic carbocycles. The number of ether oxygens (including phenoxy) is 3. The Morgan fingerprint density at radius 2 is 2.03 bits per heavy atom. The van der Waals surface area contributed by atoms with Gasteiger partial charge >= 0.3 is 5.97 Å². The van der Waals surface area contributed by atoms with Crippen molar-refractivity contribution in [2.24, 2.45) is 5.41 Å². The molecule has 2 heterocycles. The molecule has 1 aliphatic heterocycles. The van der Waals surface area contributed by atoms with Gasteiger partial charge in [0.05, 0.1) is 38.0 Å². The van der Waals surface area contributed by atoms with Gasteiger partial charge in [-0.2, -0.15) is 19.7 Å². The lowest BCUT2D eigenvalue weighted by Gasteiger charge is -2.32. The maximum absolute atomic E-state index is 13.6. The van der Waals surface area contributed by atoms with Gasteiger partial charge in [-0.1, -0.05) is 30.3 Å². The summed E-state index contributed by atoms with van der Waals surface area (Å²) in [5.74, 6) is -0.0819. The van der Waals surface area contributed by atoms with Crippen LogP contribution < -0.4 is 4.74 Å². The Morgan fingerprint density at radius 1 is 1.27 bits per heavy atom. The summed E-state index contributed by atoms with van der Waals surface area (Å²) >= 11 is 0. The Hall–Kier alpha value is -3.28. The Kier molecular flexibility index (Phi) is 7.67. The van der Waals surface area contributed by atoms with Crippen LogP contribution in [-0.4, -0.2) is 53.9 Å². The molecule has 1 aromatic heterocycles. The van der Waals surface area contributed by atoms with Gasteiger partial charge in [0.15, 0.2) is 0 Å². The van der Waals surface area contributed by atoms with Crippen LogP contribution in [-0.2, 0) is 37.4 Å². The van der Waals surface area contributed by atoms with Gasteiger partial charge in [0.25, 0.3) is 0 Å². The molecule has 0 bridgehead atoms. The molecule has 0 saturated heterocycles. The highest BCUT2D eigenvalue weighted by Gasteiger charge is 2.40. The first-order chi connectivity index (χ1) is 17.5. The number of hydrogen-bond acceptors (Lipinski definition) is 8. The van der Waals surface area contributed by atoms with Crippen LogP contribution in [0.15, 0.2) is 53.6 Å². The average Bonchev–Trinajstić information content (AvgIpc) is 3.35. The van der Waals surface area contributed by atoms with Gasteiger partial charge in [0.2, 0.25) is 10.0 Å². The van der Waals surface area contributed by atoms with Crippen molar-refractivity contribution in [3.05, 3.63) is 71.0 Å². The van der Waals surface area contributed by atoms with Crippen LogP contribution in [0.1, 0.15) is 49.3 Å². The standard InChI is InChI=1S/C26H32N4O6S/c1-17-10-11-19(24(26(3,4)25(31)34-5)35-16-21-13-27-29-28-21)12-20(17)15-30-14-18(2)36-22-8-6-7-9-23(22)37(30,32)33/h6-13,18,24H,14-16H2,1-5H3,(H,27,28,29)/t18-,24?/m1/s1. The highest BCUT2D eigenvalue weighted by atomic mass is 32.2. The minimum Gasteiger partial charge on any atom is -0.488 e. The number of nitrogens with one attached hydrogen (secondary N) is 1. The summed E-state index contributed by atoms with van der Waals surface area (Å²) in [6.07, 6.45) is 0.520. The number of para-hydroxylation sites is 1. The predicted octanol–water partition coefficient (Wildman–Crippen LogP) is 3.54. The number of esters is 1. The molecule has 3 aromatic rings. The lowest BCUT2D eigenvalue weighted by molar-refractivity contribution is -0.162. The number of methoxy groups -OCH3 is 1. The topological polar surface area (TPSA) is 124 Å². The monoisotopic (exact) mass is 528 g/mol. The van der Waals surface area contributed by atoms with E-state index in [-0.39, 0.29) is 30.7 Å². The van der Waals surface area contributed by atoms with Crippen molar-refractivity contribution in [3.8, 4) is 5.75 Å². The van der Waals surface area contributed by atoms with E-state index in [1.54, 1.807) is 44.3 Å². The molecule has 1 N–H and O–H groups in total. The molecule has 0 spiro atoms. The van der Waals surface area contributed by atoms with Crippen molar-refractivity contribution in [3.63, 3.8) is 0 Å². The third-order valence-electron chi connectivity index (χ3n) is 6.51. The number of H-pyrrole nitrogens is 1. The van der Waals surface area contributed by atoms with Crippen LogP contribution in [0.4, 0.5) is 0 Å². The minimum atomic E-state index is -3.80. The summed E-state index contributed by atoms with van der Waals surface area (Å²) in [7, 11) is -2.46. The fraction of sp³-hybridized carbons (Fsp3) is 0.423. The molecule has 198 valence electrons. The van der Waals surface area contributed by atoms with Crippen molar-refractivity contribution >= 4 is 16.0 Å². The van der Waals surface area contributed by atoms with E-state index in [1.807, 2.05) is 32.0 Å². The molecule has 37 heavy (non-hydrogen) atoms. The predicted molar refractivity (Wildman–Crippen MR) is 135 cm³/mol. The molecule has 2 aromatic carbocycles. The van der Waals surface area contributed by atoms with E-state index in [2.05, 4.69) is 15.4 Å². The van der Waals surface area contributed by atoms with Crippen LogP contribution >= 0.6 is 0 Å². The number of rotatable bonds is 8. The van der Waals surface area contributed by atoms with Crippen molar-refractivity contribution in [2.75, 3.05) is 13.7 Å². The maximum Gasteiger partial charge on any atom is 0.314 e. The summed E-state index contributed by atoms with van der Waals surface area (Å²) < 4.78 is 45.7. The van der Waals surface area contributed by atoms with Gasteiger partial charge in [-0.05, 0) is 56.5 Å². The number of aryl methyl sites for hydroxylation is 1. The maximum atomic E-state index is 13.6. The Balaban J connectivity index is 1.69. The lowest BCUT2D eigenvalue weighted by Crippen LogP contribution is -2.36. The Labute approximate surface area is 217 Å². The van der Waals surface area contributed by atoms with Crippen LogP contribution in [0.3, 0.4) is 0 Å². The lowest BCUT2D eigenvalue weighted by atomic mass is 9.81. The summed E-state index contributed by atoms with van der Waals surface area (Å²) in [4.78, 5) is 12.9. The first-order valence-electron chi connectivity index (χ1n) is 11.9. The van der Waals surface area contributed by atoms with E-state index in [4.69, 9.17) is 14.2 Å². The SMILES string of the molecule is COC(=O)C(C)(C)C(OCc1cn[nH]n1)c1ccc(C)c(CN2C[C@@H](C)Oc3ccccc3S2(=O)=O)c1. The number of hydrogen-bond donors (Lipinski definition) is 1. The first-order valence-corrected chi connectivity index (χ1v) is 13.4. The van der Waals surface area contributed by atoms with Crippen molar-refractivity contribution in [1.29, 1.82) is 0 Å². The molecule has 1 unspecified atom stereocenters. The molecule has 2 atom stereocenters. The van der Waals surface area contributed by atoms with E-state index in [1.165, 1.54) is 11.4 Å². The van der Waals surface area contributed by atoms with Crippen LogP contribution in [0, 0.1) is 12.3 Å². The second kappa shape index (κ2) is 10.6. The molecule has 1 aliphatic rings. The number of carbonyl (C=O) groups excluding carboxylic acids is 1. The van der Waals surface area contributed by atoms with Crippen molar-refractivity contribution < 1.29 is 27.4 Å². The van der Waals surface area contributed by atoms with E-state index < -0.39 is 27.5 Å². The second-order valence-corrected chi connectivity index (χ2v) is 11.6. The highest BCUT2D eigenvalue weighted by Crippen LogP contribution is 2.39. The summed E-state index contributed by atoms with van der Waals surface area (Å²) in [6, 6.07) is 12.4. The molecule has 0 radical (unpaired) electrons. The molecule has 4 rings (SSSR count). The van der Waals surface area contributed by atoms with Gasteiger partial charge in [-0.3, -0.25) is 4.79 Å². The Morgan fingerprint density at radius 3 is 2.73 bits per heavy atom. The zero-order valence-corrected chi connectivity index (χ0v) is 22.4. The average molecular weight is 529 g/mol. The zero-order chi connectivity index (χ0) is 26.8. The van der Waals surface area contributed by atoms with E-state index in [0.29, 0.717) is 11.4 Å². The number of aromatic amines is 1. The van der Waals surface area contributed by atoms with E-state index >= 15 is 0 Å². The zero-order valence-electron chi connectivity index (χ0n) is 21.6. The number of nitrogens with zero attached hydrogens (tertiary/aromatic N) is 3. The molecular weight excluding hydrogens is 496 g/mol.